The summed E-state index contributed by atoms with van der Waals surface area (Å²) in [6.07, 6.45) is 0. The third-order valence-corrected chi connectivity index (χ3v) is 2.66. The molecule has 0 saturated heterocycles. The molecule has 0 aliphatic carbocycles. The average molecular weight is 205 g/mol. The normalized spacial score (nSPS) is 13.3. The highest BCUT2D eigenvalue weighted by molar-refractivity contribution is 5.98. The zero-order valence-corrected chi connectivity index (χ0v) is 10.0. The molecule has 0 bridgehead atoms. The molecule has 0 radical (unpaired) electrons. The van der Waals surface area contributed by atoms with Gasteiger partial charge >= 0.3 is 0 Å². The number of carbonyl (C=O) groups excluding carboxylic acids is 1. The number of rotatable bonds is 1. The zero-order chi connectivity index (χ0) is 11.4. The smallest absolute Gasteiger partial charge is 0.254 e. The van der Waals surface area contributed by atoms with Gasteiger partial charge in [-0.2, -0.15) is 0 Å². The van der Waals surface area contributed by atoms with Crippen LogP contribution in [0.5, 0.6) is 0 Å². The maximum Gasteiger partial charge on any atom is 0.254 e. The molecule has 1 aliphatic heterocycles. The van der Waals surface area contributed by atoms with Crippen LogP contribution in [0.2, 0.25) is 0 Å². The molecule has 1 aromatic rings. The second-order valence-corrected chi connectivity index (χ2v) is 3.42. The standard InChI is InChI=1S/C11H13NO.C2H6/c1-3-12-7-10-8(2)5-4-6-9(10)11(12)13;1-2/h4-6H,3,7H2,1-2H3;1-2H3. The van der Waals surface area contributed by atoms with Crippen molar-refractivity contribution in [2.45, 2.75) is 34.2 Å². The highest BCUT2D eigenvalue weighted by atomic mass is 16.2. The molecule has 0 spiro atoms. The molecule has 0 unspecified atom stereocenters. The zero-order valence-electron chi connectivity index (χ0n) is 10.0. The van der Waals surface area contributed by atoms with E-state index >= 15 is 0 Å². The van der Waals surface area contributed by atoms with Gasteiger partial charge in [-0.15, -0.1) is 0 Å². The van der Waals surface area contributed by atoms with Crippen molar-refractivity contribution >= 4 is 5.91 Å². The molecule has 0 aromatic heterocycles. The van der Waals surface area contributed by atoms with Gasteiger partial charge in [0, 0.05) is 18.7 Å². The van der Waals surface area contributed by atoms with Crippen molar-refractivity contribution in [1.82, 2.24) is 4.90 Å². The third kappa shape index (κ3) is 2.04. The fraction of sp³-hybridized carbons (Fsp3) is 0.462. The lowest BCUT2D eigenvalue weighted by Gasteiger charge is -2.11. The van der Waals surface area contributed by atoms with Gasteiger partial charge in [0.15, 0.2) is 0 Å². The summed E-state index contributed by atoms with van der Waals surface area (Å²) in [5.74, 6) is 0.182. The highest BCUT2D eigenvalue weighted by Gasteiger charge is 2.26. The number of nitrogens with zero attached hydrogens (tertiary/aromatic N) is 1. The summed E-state index contributed by atoms with van der Waals surface area (Å²) >= 11 is 0. The number of carbonyl (C=O) groups is 1. The van der Waals surface area contributed by atoms with E-state index in [2.05, 4.69) is 13.0 Å². The predicted octanol–water partition coefficient (Wildman–Crippen LogP) is 3.00. The molecule has 0 saturated carbocycles. The summed E-state index contributed by atoms with van der Waals surface area (Å²) in [6, 6.07) is 5.93. The van der Waals surface area contributed by atoms with Gasteiger partial charge in [0.05, 0.1) is 0 Å². The van der Waals surface area contributed by atoms with E-state index in [1.54, 1.807) is 0 Å². The number of benzene rings is 1. The van der Waals surface area contributed by atoms with Gasteiger partial charge in [0.2, 0.25) is 0 Å². The number of aryl methyl sites for hydroxylation is 1. The third-order valence-electron chi connectivity index (χ3n) is 2.66. The second kappa shape index (κ2) is 4.96. The minimum Gasteiger partial charge on any atom is -0.335 e. The largest absolute Gasteiger partial charge is 0.335 e. The topological polar surface area (TPSA) is 20.3 Å². The van der Waals surface area contributed by atoms with Crippen molar-refractivity contribution in [2.24, 2.45) is 0 Å². The maximum atomic E-state index is 11.7. The quantitative estimate of drug-likeness (QED) is 0.690. The van der Waals surface area contributed by atoms with Crippen LogP contribution in [0, 0.1) is 6.92 Å². The Morgan fingerprint density at radius 2 is 2.00 bits per heavy atom. The summed E-state index contributed by atoms with van der Waals surface area (Å²) in [5, 5.41) is 0. The van der Waals surface area contributed by atoms with Crippen LogP contribution in [0.25, 0.3) is 0 Å². The summed E-state index contributed by atoms with van der Waals surface area (Å²) in [5.41, 5.74) is 3.32. The van der Waals surface area contributed by atoms with E-state index < -0.39 is 0 Å². The Bertz CT molecular complexity index is 358. The van der Waals surface area contributed by atoms with Gasteiger partial charge in [-0.3, -0.25) is 4.79 Å². The van der Waals surface area contributed by atoms with Crippen LogP contribution >= 0.6 is 0 Å². The van der Waals surface area contributed by atoms with Crippen LogP contribution in [0.3, 0.4) is 0 Å². The van der Waals surface area contributed by atoms with Crippen LogP contribution in [0.1, 0.15) is 42.3 Å². The molecule has 2 rings (SSSR count). The number of amides is 1. The van der Waals surface area contributed by atoms with Crippen LogP contribution in [-0.4, -0.2) is 17.4 Å². The Labute approximate surface area is 91.9 Å². The maximum absolute atomic E-state index is 11.7. The fourth-order valence-electron chi connectivity index (χ4n) is 1.80. The van der Waals surface area contributed by atoms with Crippen LogP contribution in [0.15, 0.2) is 18.2 Å². The van der Waals surface area contributed by atoms with Gasteiger partial charge in [0.25, 0.3) is 5.91 Å². The molecule has 2 nitrogen and oxygen atoms in total. The van der Waals surface area contributed by atoms with E-state index in [1.165, 1.54) is 11.1 Å². The first kappa shape index (κ1) is 11.8. The van der Waals surface area contributed by atoms with Crippen LogP contribution < -0.4 is 0 Å². The van der Waals surface area contributed by atoms with Crippen LogP contribution in [0.4, 0.5) is 0 Å². The summed E-state index contributed by atoms with van der Waals surface area (Å²) in [4.78, 5) is 13.6. The fourth-order valence-corrected chi connectivity index (χ4v) is 1.80. The number of fused-ring (bicyclic) bond motifs is 1. The van der Waals surface area contributed by atoms with E-state index in [0.29, 0.717) is 0 Å². The van der Waals surface area contributed by atoms with E-state index in [4.69, 9.17) is 0 Å². The minimum atomic E-state index is 0.182. The van der Waals surface area contributed by atoms with E-state index in [9.17, 15) is 4.79 Å². The molecule has 2 heteroatoms. The Hall–Kier alpha value is -1.31. The Morgan fingerprint density at radius 1 is 1.33 bits per heavy atom. The van der Waals surface area contributed by atoms with Gasteiger partial charge in [-0.1, -0.05) is 26.0 Å². The molecule has 15 heavy (non-hydrogen) atoms. The van der Waals surface area contributed by atoms with Gasteiger partial charge in [0.1, 0.15) is 0 Å². The average Bonchev–Trinajstić information content (AvgIpc) is 2.61. The van der Waals surface area contributed by atoms with Crippen LogP contribution in [-0.2, 0) is 6.54 Å². The summed E-state index contributed by atoms with van der Waals surface area (Å²) in [6.45, 7) is 9.66. The monoisotopic (exact) mass is 205 g/mol. The van der Waals surface area contributed by atoms with Crippen molar-refractivity contribution < 1.29 is 4.79 Å². The van der Waals surface area contributed by atoms with Gasteiger partial charge < -0.3 is 4.90 Å². The summed E-state index contributed by atoms with van der Waals surface area (Å²) < 4.78 is 0. The van der Waals surface area contributed by atoms with Crippen molar-refractivity contribution in [1.29, 1.82) is 0 Å². The lowest BCUT2D eigenvalue weighted by atomic mass is 10.1. The molecule has 1 amide bonds. The summed E-state index contributed by atoms with van der Waals surface area (Å²) in [7, 11) is 0. The van der Waals surface area contributed by atoms with Crippen molar-refractivity contribution in [2.75, 3.05) is 6.54 Å². The molecule has 1 aliphatic rings. The van der Waals surface area contributed by atoms with Gasteiger partial charge in [-0.05, 0) is 31.0 Å². The Morgan fingerprint density at radius 3 is 2.53 bits per heavy atom. The van der Waals surface area contributed by atoms with Gasteiger partial charge in [-0.25, -0.2) is 0 Å². The van der Waals surface area contributed by atoms with E-state index in [0.717, 1.165) is 18.7 Å². The molecule has 1 heterocycles. The SMILES string of the molecule is CC.CCN1Cc2c(C)cccc2C1=O. The van der Waals surface area contributed by atoms with Crippen molar-refractivity contribution in [3.8, 4) is 0 Å². The van der Waals surface area contributed by atoms with Crippen molar-refractivity contribution in [3.63, 3.8) is 0 Å². The lowest BCUT2D eigenvalue weighted by molar-refractivity contribution is 0.0787. The molecule has 82 valence electrons. The van der Waals surface area contributed by atoms with Crippen molar-refractivity contribution in [3.05, 3.63) is 34.9 Å². The molecule has 0 atom stereocenters. The Kier molecular flexibility index (Phi) is 3.89. The second-order valence-electron chi connectivity index (χ2n) is 3.42. The molecular weight excluding hydrogens is 186 g/mol. The first-order valence-corrected chi connectivity index (χ1v) is 5.61. The van der Waals surface area contributed by atoms with E-state index in [1.807, 2.05) is 37.8 Å². The molecule has 0 fully saturated rings. The minimum absolute atomic E-state index is 0.182. The lowest BCUT2D eigenvalue weighted by Crippen LogP contribution is -2.22. The first-order chi connectivity index (χ1) is 7.24. The molecular formula is C13H19NO. The molecule has 0 N–H and O–H groups in total. The Balaban J connectivity index is 0.000000531. The highest BCUT2D eigenvalue weighted by Crippen LogP contribution is 2.24. The molecule has 1 aromatic carbocycles. The predicted molar refractivity (Wildman–Crippen MR) is 62.9 cm³/mol. The number of hydrogen-bond acceptors (Lipinski definition) is 1. The first-order valence-electron chi connectivity index (χ1n) is 5.61. The van der Waals surface area contributed by atoms with E-state index in [-0.39, 0.29) is 5.91 Å². The number of hydrogen-bond donors (Lipinski definition) is 0.